The fraction of sp³-hybridized carbons (Fsp3) is 0.400. The van der Waals surface area contributed by atoms with Crippen LogP contribution in [0.5, 0.6) is 5.75 Å². The summed E-state index contributed by atoms with van der Waals surface area (Å²) >= 11 is 0. The summed E-state index contributed by atoms with van der Waals surface area (Å²) in [7, 11) is 1.80. The summed E-state index contributed by atoms with van der Waals surface area (Å²) in [5.74, 6) is 0.216. The van der Waals surface area contributed by atoms with Crippen LogP contribution in [0.4, 0.5) is 0 Å². The lowest BCUT2D eigenvalue weighted by molar-refractivity contribution is -0.00000533. The number of likely N-dealkylation sites (N-methyl/N-ethyl adjacent to an activating group) is 1. The molecular weight excluding hydrogens is 202 g/mol. The molecule has 80 valence electrons. The molecule has 1 aromatic carbocycles. The van der Waals surface area contributed by atoms with E-state index >= 15 is 0 Å². The number of hydrogen-bond donors (Lipinski definition) is 3. The van der Waals surface area contributed by atoms with E-state index in [9.17, 15) is 5.11 Å². The Labute approximate surface area is 90.2 Å². The van der Waals surface area contributed by atoms with E-state index in [0.717, 1.165) is 5.56 Å². The molecule has 0 amide bonds. The van der Waals surface area contributed by atoms with Crippen LogP contribution in [0.3, 0.4) is 0 Å². The Morgan fingerprint density at radius 2 is 1.71 bits per heavy atom. The molecule has 3 nitrogen and oxygen atoms in total. The van der Waals surface area contributed by atoms with E-state index in [0.29, 0.717) is 0 Å². The van der Waals surface area contributed by atoms with Crippen LogP contribution in [-0.4, -0.2) is 23.3 Å². The monoisotopic (exact) mass is 216 g/mol. The maximum atomic E-state index is 9.74. The van der Waals surface area contributed by atoms with Crippen molar-refractivity contribution < 1.29 is 22.6 Å². The molecular formula is C10H15ClNO2-. The number of phenols is 1. The highest BCUT2D eigenvalue weighted by atomic mass is 35.5. The minimum atomic E-state index is -0.536. The van der Waals surface area contributed by atoms with Crippen molar-refractivity contribution in [3.05, 3.63) is 29.8 Å². The van der Waals surface area contributed by atoms with Gasteiger partial charge in [0.2, 0.25) is 0 Å². The lowest BCUT2D eigenvalue weighted by atomic mass is 10.0. The summed E-state index contributed by atoms with van der Waals surface area (Å²) in [4.78, 5) is 0. The van der Waals surface area contributed by atoms with E-state index in [2.05, 4.69) is 5.32 Å². The molecule has 0 spiro atoms. The first-order valence-electron chi connectivity index (χ1n) is 4.29. The molecule has 0 saturated heterocycles. The number of benzene rings is 1. The molecule has 1 unspecified atom stereocenters. The van der Waals surface area contributed by atoms with E-state index in [1.807, 2.05) is 6.92 Å². The summed E-state index contributed by atoms with van der Waals surface area (Å²) in [6.45, 7) is 1.90. The van der Waals surface area contributed by atoms with Gasteiger partial charge in [0.05, 0.1) is 6.10 Å². The summed E-state index contributed by atoms with van der Waals surface area (Å²) in [6, 6.07) is 6.58. The van der Waals surface area contributed by atoms with Crippen molar-refractivity contribution in [1.82, 2.24) is 5.32 Å². The van der Waals surface area contributed by atoms with Gasteiger partial charge in [0.25, 0.3) is 0 Å². The normalized spacial score (nSPS) is 14.2. The second kappa shape index (κ2) is 5.86. The summed E-state index contributed by atoms with van der Waals surface area (Å²) in [5.41, 5.74) is 0.805. The number of nitrogens with one attached hydrogen (secondary N) is 1. The van der Waals surface area contributed by atoms with Crippen molar-refractivity contribution in [2.24, 2.45) is 0 Å². The van der Waals surface area contributed by atoms with Gasteiger partial charge in [-0.25, -0.2) is 0 Å². The highest BCUT2D eigenvalue weighted by molar-refractivity contribution is 5.27. The first-order valence-corrected chi connectivity index (χ1v) is 4.29. The largest absolute Gasteiger partial charge is 1.00 e. The third kappa shape index (κ3) is 3.18. The Balaban J connectivity index is 0.00000169. The first-order chi connectivity index (χ1) is 6.15. The second-order valence-corrected chi connectivity index (χ2v) is 3.11. The van der Waals surface area contributed by atoms with Gasteiger partial charge < -0.3 is 27.9 Å². The number of phenolic OH excluding ortho intramolecular Hbond substituents is 1. The number of aromatic hydroxyl groups is 1. The summed E-state index contributed by atoms with van der Waals surface area (Å²) < 4.78 is 0. The lowest BCUT2D eigenvalue weighted by Crippen LogP contribution is -3.00. The highest BCUT2D eigenvalue weighted by Crippen LogP contribution is 2.19. The van der Waals surface area contributed by atoms with Crippen LogP contribution < -0.4 is 17.7 Å². The Hall–Kier alpha value is -0.770. The van der Waals surface area contributed by atoms with Gasteiger partial charge in [0.1, 0.15) is 5.75 Å². The van der Waals surface area contributed by atoms with Gasteiger partial charge in [-0.2, -0.15) is 0 Å². The smallest absolute Gasteiger partial charge is 0.115 e. The van der Waals surface area contributed by atoms with Crippen LogP contribution >= 0.6 is 0 Å². The molecule has 0 aliphatic heterocycles. The molecule has 0 saturated carbocycles. The van der Waals surface area contributed by atoms with Gasteiger partial charge in [-0.3, -0.25) is 0 Å². The molecule has 0 fully saturated rings. The predicted molar refractivity (Wildman–Crippen MR) is 51.6 cm³/mol. The van der Waals surface area contributed by atoms with Gasteiger partial charge in [0, 0.05) is 6.04 Å². The van der Waals surface area contributed by atoms with Crippen molar-refractivity contribution in [2.45, 2.75) is 19.1 Å². The highest BCUT2D eigenvalue weighted by Gasteiger charge is 2.13. The number of rotatable bonds is 3. The van der Waals surface area contributed by atoms with E-state index in [-0.39, 0.29) is 24.2 Å². The Morgan fingerprint density at radius 3 is 2.14 bits per heavy atom. The molecule has 1 rings (SSSR count). The van der Waals surface area contributed by atoms with Gasteiger partial charge >= 0.3 is 0 Å². The Bertz CT molecular complexity index is 263. The summed E-state index contributed by atoms with van der Waals surface area (Å²) in [6.07, 6.45) is -0.536. The van der Waals surface area contributed by atoms with Crippen LogP contribution in [0, 0.1) is 0 Å². The van der Waals surface area contributed by atoms with Crippen molar-refractivity contribution in [1.29, 1.82) is 0 Å². The van der Waals surface area contributed by atoms with Gasteiger partial charge in [0.15, 0.2) is 0 Å². The average Bonchev–Trinajstić information content (AvgIpc) is 2.17. The zero-order valence-corrected chi connectivity index (χ0v) is 8.99. The van der Waals surface area contributed by atoms with Crippen molar-refractivity contribution in [3.63, 3.8) is 0 Å². The van der Waals surface area contributed by atoms with Crippen LogP contribution in [-0.2, 0) is 0 Å². The summed E-state index contributed by atoms with van der Waals surface area (Å²) in [5, 5.41) is 21.7. The molecule has 14 heavy (non-hydrogen) atoms. The predicted octanol–water partition coefficient (Wildman–Crippen LogP) is -1.96. The van der Waals surface area contributed by atoms with Gasteiger partial charge in [-0.05, 0) is 31.7 Å². The van der Waals surface area contributed by atoms with E-state index in [4.69, 9.17) is 5.11 Å². The molecule has 0 heterocycles. The maximum Gasteiger partial charge on any atom is 0.115 e. The lowest BCUT2D eigenvalue weighted by Gasteiger charge is -2.18. The van der Waals surface area contributed by atoms with Gasteiger partial charge in [-0.1, -0.05) is 12.1 Å². The van der Waals surface area contributed by atoms with Crippen LogP contribution in [0.25, 0.3) is 0 Å². The van der Waals surface area contributed by atoms with Crippen LogP contribution in [0.2, 0.25) is 0 Å². The topological polar surface area (TPSA) is 52.5 Å². The standard InChI is InChI=1S/C10H15NO2.ClH/c1-7(11-2)10(13)8-3-5-9(12)6-4-8;/h3-7,10-13H,1-2H3;1H/p-1/t7?,10-;/m1./s1. The molecule has 4 heteroatoms. The fourth-order valence-corrected chi connectivity index (χ4v) is 1.12. The maximum absolute atomic E-state index is 9.74. The van der Waals surface area contributed by atoms with Crippen molar-refractivity contribution in [2.75, 3.05) is 7.05 Å². The Morgan fingerprint density at radius 1 is 1.21 bits per heavy atom. The van der Waals surface area contributed by atoms with E-state index < -0.39 is 6.10 Å². The fourth-order valence-electron chi connectivity index (χ4n) is 1.12. The third-order valence-corrected chi connectivity index (χ3v) is 2.16. The van der Waals surface area contributed by atoms with Gasteiger partial charge in [-0.15, -0.1) is 0 Å². The second-order valence-electron chi connectivity index (χ2n) is 3.11. The minimum Gasteiger partial charge on any atom is -1.00 e. The molecule has 1 aromatic rings. The molecule has 2 atom stereocenters. The minimum absolute atomic E-state index is 0. The third-order valence-electron chi connectivity index (χ3n) is 2.16. The molecule has 0 aliphatic rings. The van der Waals surface area contributed by atoms with E-state index in [1.54, 1.807) is 31.3 Å². The quantitative estimate of drug-likeness (QED) is 0.550. The number of halogens is 1. The van der Waals surface area contributed by atoms with Crippen molar-refractivity contribution in [3.8, 4) is 5.75 Å². The number of aliphatic hydroxyl groups excluding tert-OH is 1. The number of hydrogen-bond acceptors (Lipinski definition) is 3. The zero-order chi connectivity index (χ0) is 9.84. The average molecular weight is 217 g/mol. The first kappa shape index (κ1) is 13.2. The number of aliphatic hydroxyl groups is 1. The molecule has 0 aliphatic carbocycles. The van der Waals surface area contributed by atoms with Crippen LogP contribution in [0.15, 0.2) is 24.3 Å². The molecule has 0 aromatic heterocycles. The molecule has 0 bridgehead atoms. The molecule has 0 radical (unpaired) electrons. The van der Waals surface area contributed by atoms with Crippen molar-refractivity contribution >= 4 is 0 Å². The molecule has 3 N–H and O–H groups in total. The Kier molecular flexibility index (Phi) is 5.53. The van der Waals surface area contributed by atoms with Crippen LogP contribution in [0.1, 0.15) is 18.6 Å². The zero-order valence-electron chi connectivity index (χ0n) is 8.24. The van der Waals surface area contributed by atoms with E-state index in [1.165, 1.54) is 0 Å². The SMILES string of the molecule is CNC(C)[C@@H](O)c1ccc(O)cc1.[Cl-].